The van der Waals surface area contributed by atoms with Crippen LogP contribution in [-0.2, 0) is 24.9 Å². The summed E-state index contributed by atoms with van der Waals surface area (Å²) in [6, 6.07) is 10.1. The van der Waals surface area contributed by atoms with Crippen LogP contribution in [0.25, 0.3) is 0 Å². The van der Waals surface area contributed by atoms with Gasteiger partial charge in [0.1, 0.15) is 5.01 Å². The lowest BCUT2D eigenvalue weighted by Crippen LogP contribution is -2.32. The summed E-state index contributed by atoms with van der Waals surface area (Å²) in [4.78, 5) is 18.9. The van der Waals surface area contributed by atoms with Crippen LogP contribution >= 0.6 is 11.3 Å². The topological polar surface area (TPSA) is 63.1 Å². The van der Waals surface area contributed by atoms with Gasteiger partial charge in [-0.05, 0) is 12.5 Å². The second-order valence-electron chi connectivity index (χ2n) is 5.87. The van der Waals surface area contributed by atoms with Crippen molar-refractivity contribution in [1.29, 1.82) is 0 Å². The van der Waals surface area contributed by atoms with Crippen LogP contribution in [-0.4, -0.2) is 32.1 Å². The highest BCUT2D eigenvalue weighted by Gasteiger charge is 2.15. The van der Waals surface area contributed by atoms with Gasteiger partial charge in [-0.3, -0.25) is 14.4 Å². The number of carbonyl (C=O) groups is 1. The number of rotatable bonds is 7. The molecule has 0 saturated heterocycles. The Balaban J connectivity index is 1.67. The second kappa shape index (κ2) is 8.04. The van der Waals surface area contributed by atoms with E-state index in [4.69, 9.17) is 0 Å². The third-order valence-electron chi connectivity index (χ3n) is 3.97. The number of amides is 1. The Labute approximate surface area is 151 Å². The molecule has 0 unspecified atom stereocenters. The van der Waals surface area contributed by atoms with Gasteiger partial charge in [0, 0.05) is 25.2 Å². The van der Waals surface area contributed by atoms with E-state index in [0.29, 0.717) is 19.6 Å². The maximum absolute atomic E-state index is 12.5. The smallest absolute Gasteiger partial charge is 0.238 e. The quantitative estimate of drug-likeness (QED) is 0.708. The number of aromatic nitrogens is 3. The Hall–Kier alpha value is -2.51. The average molecular weight is 355 g/mol. The lowest BCUT2D eigenvalue weighted by Gasteiger charge is -2.20. The Morgan fingerprint density at radius 3 is 2.72 bits per heavy atom. The molecule has 1 aromatic carbocycles. The SMILES string of the molecule is Cc1c(NC(=O)CN(Cc2ccccc2)Cc2nccs2)cnn1C. The van der Waals surface area contributed by atoms with Crippen LogP contribution in [0.3, 0.4) is 0 Å². The van der Waals surface area contributed by atoms with E-state index >= 15 is 0 Å². The molecule has 0 spiro atoms. The zero-order chi connectivity index (χ0) is 17.6. The molecule has 0 aliphatic rings. The fourth-order valence-electron chi connectivity index (χ4n) is 2.55. The zero-order valence-corrected chi connectivity index (χ0v) is 15.2. The number of hydrogen-bond donors (Lipinski definition) is 1. The van der Waals surface area contributed by atoms with E-state index in [1.54, 1.807) is 28.4 Å². The maximum atomic E-state index is 12.5. The van der Waals surface area contributed by atoms with Gasteiger partial charge in [-0.15, -0.1) is 11.3 Å². The van der Waals surface area contributed by atoms with Crippen molar-refractivity contribution in [3.05, 3.63) is 64.4 Å². The number of nitrogens with one attached hydrogen (secondary N) is 1. The molecule has 0 radical (unpaired) electrons. The number of anilines is 1. The molecule has 1 amide bonds. The molecule has 0 atom stereocenters. The van der Waals surface area contributed by atoms with Gasteiger partial charge in [0.25, 0.3) is 0 Å². The highest BCUT2D eigenvalue weighted by atomic mass is 32.1. The third-order valence-corrected chi connectivity index (χ3v) is 4.73. The summed E-state index contributed by atoms with van der Waals surface area (Å²) in [5, 5.41) is 10.1. The Kier molecular flexibility index (Phi) is 5.57. The van der Waals surface area contributed by atoms with Crippen LogP contribution in [0.2, 0.25) is 0 Å². The molecule has 6 nitrogen and oxygen atoms in total. The first kappa shape index (κ1) is 17.3. The van der Waals surface area contributed by atoms with Crippen molar-refractivity contribution < 1.29 is 4.79 Å². The Morgan fingerprint density at radius 1 is 1.28 bits per heavy atom. The van der Waals surface area contributed by atoms with E-state index in [1.807, 2.05) is 37.6 Å². The van der Waals surface area contributed by atoms with Gasteiger partial charge in [-0.2, -0.15) is 5.10 Å². The summed E-state index contributed by atoms with van der Waals surface area (Å²) in [6.45, 7) is 3.56. The van der Waals surface area contributed by atoms with Gasteiger partial charge in [0.15, 0.2) is 0 Å². The summed E-state index contributed by atoms with van der Waals surface area (Å²) in [5.74, 6) is -0.0522. The van der Waals surface area contributed by atoms with Crippen LogP contribution in [0.4, 0.5) is 5.69 Å². The molecular formula is C18H21N5OS. The van der Waals surface area contributed by atoms with Crippen LogP contribution in [0.5, 0.6) is 0 Å². The molecule has 0 aliphatic carbocycles. The van der Waals surface area contributed by atoms with Crippen molar-refractivity contribution in [1.82, 2.24) is 19.7 Å². The molecule has 2 aromatic heterocycles. The number of benzene rings is 1. The average Bonchev–Trinajstić information content (AvgIpc) is 3.21. The van der Waals surface area contributed by atoms with E-state index in [2.05, 4.69) is 32.4 Å². The molecule has 0 aliphatic heterocycles. The molecule has 7 heteroatoms. The van der Waals surface area contributed by atoms with Crippen molar-refractivity contribution in [3.8, 4) is 0 Å². The highest BCUT2D eigenvalue weighted by molar-refractivity contribution is 7.09. The standard InChI is InChI=1S/C18H21N5OS/c1-14-16(10-20-22(14)2)21-17(24)12-23(13-18-19-8-9-25-18)11-15-6-4-3-5-7-15/h3-10H,11-13H2,1-2H3,(H,21,24). The molecular weight excluding hydrogens is 334 g/mol. The van der Waals surface area contributed by atoms with Crippen molar-refractivity contribution in [2.24, 2.45) is 7.05 Å². The molecule has 0 saturated carbocycles. The fourth-order valence-corrected chi connectivity index (χ4v) is 3.20. The highest BCUT2D eigenvalue weighted by Crippen LogP contribution is 2.14. The summed E-state index contributed by atoms with van der Waals surface area (Å²) in [7, 11) is 1.86. The first-order valence-electron chi connectivity index (χ1n) is 8.05. The van der Waals surface area contributed by atoms with E-state index in [0.717, 1.165) is 16.4 Å². The van der Waals surface area contributed by atoms with Crippen molar-refractivity contribution >= 4 is 22.9 Å². The number of aryl methyl sites for hydroxylation is 1. The van der Waals surface area contributed by atoms with Gasteiger partial charge in [0.05, 0.1) is 30.7 Å². The molecule has 2 heterocycles. The van der Waals surface area contributed by atoms with Gasteiger partial charge < -0.3 is 5.32 Å². The normalized spacial score (nSPS) is 11.0. The maximum Gasteiger partial charge on any atom is 0.238 e. The van der Waals surface area contributed by atoms with Crippen LogP contribution in [0, 0.1) is 6.92 Å². The van der Waals surface area contributed by atoms with Gasteiger partial charge in [-0.1, -0.05) is 30.3 Å². The predicted molar refractivity (Wildman–Crippen MR) is 99.2 cm³/mol. The summed E-state index contributed by atoms with van der Waals surface area (Å²) in [5.41, 5.74) is 2.86. The predicted octanol–water partition coefficient (Wildman–Crippen LogP) is 2.83. The minimum atomic E-state index is -0.0522. The van der Waals surface area contributed by atoms with E-state index in [1.165, 1.54) is 5.56 Å². The van der Waals surface area contributed by atoms with Crippen molar-refractivity contribution in [2.45, 2.75) is 20.0 Å². The number of thiazole rings is 1. The number of hydrogen-bond acceptors (Lipinski definition) is 5. The first-order chi connectivity index (χ1) is 12.1. The lowest BCUT2D eigenvalue weighted by atomic mass is 10.2. The minimum Gasteiger partial charge on any atom is -0.322 e. The van der Waals surface area contributed by atoms with Crippen LogP contribution in [0.15, 0.2) is 48.1 Å². The van der Waals surface area contributed by atoms with E-state index in [9.17, 15) is 4.79 Å². The van der Waals surface area contributed by atoms with Crippen molar-refractivity contribution in [2.75, 3.05) is 11.9 Å². The van der Waals surface area contributed by atoms with E-state index < -0.39 is 0 Å². The summed E-state index contributed by atoms with van der Waals surface area (Å²) < 4.78 is 1.74. The number of carbonyl (C=O) groups excluding carboxylic acids is 1. The second-order valence-corrected chi connectivity index (χ2v) is 6.85. The molecule has 1 N–H and O–H groups in total. The molecule has 0 bridgehead atoms. The molecule has 130 valence electrons. The minimum absolute atomic E-state index is 0.0522. The molecule has 3 rings (SSSR count). The third kappa shape index (κ3) is 4.74. The largest absolute Gasteiger partial charge is 0.322 e. The lowest BCUT2D eigenvalue weighted by molar-refractivity contribution is -0.117. The van der Waals surface area contributed by atoms with Crippen molar-refractivity contribution in [3.63, 3.8) is 0 Å². The molecule has 3 aromatic rings. The summed E-state index contributed by atoms with van der Waals surface area (Å²) in [6.07, 6.45) is 3.47. The Morgan fingerprint density at radius 2 is 2.08 bits per heavy atom. The fraction of sp³-hybridized carbons (Fsp3) is 0.278. The molecule has 0 fully saturated rings. The van der Waals surface area contributed by atoms with Gasteiger partial charge >= 0.3 is 0 Å². The molecule has 25 heavy (non-hydrogen) atoms. The first-order valence-corrected chi connectivity index (χ1v) is 8.93. The number of nitrogens with zero attached hydrogens (tertiary/aromatic N) is 4. The van der Waals surface area contributed by atoms with Crippen LogP contribution < -0.4 is 5.32 Å². The Bertz CT molecular complexity index is 813. The van der Waals surface area contributed by atoms with E-state index in [-0.39, 0.29) is 5.91 Å². The zero-order valence-electron chi connectivity index (χ0n) is 14.3. The van der Waals surface area contributed by atoms with Gasteiger partial charge in [0.2, 0.25) is 5.91 Å². The van der Waals surface area contributed by atoms with Gasteiger partial charge in [-0.25, -0.2) is 4.98 Å². The summed E-state index contributed by atoms with van der Waals surface area (Å²) >= 11 is 1.60. The van der Waals surface area contributed by atoms with Crippen LogP contribution in [0.1, 0.15) is 16.3 Å². The monoisotopic (exact) mass is 355 g/mol.